The number of aromatic nitrogens is 1. The predicted molar refractivity (Wildman–Crippen MR) is 60.0 cm³/mol. The molecule has 0 spiro atoms. The molecule has 1 aromatic carbocycles. The number of halogens is 1. The minimum absolute atomic E-state index is 0.0365. The third-order valence-corrected chi connectivity index (χ3v) is 2.67. The Balaban J connectivity index is 2.38. The van der Waals surface area contributed by atoms with E-state index in [1.54, 1.807) is 12.3 Å². The van der Waals surface area contributed by atoms with Gasteiger partial charge in [-0.15, -0.1) is 0 Å². The van der Waals surface area contributed by atoms with E-state index in [0.717, 1.165) is 6.07 Å². The average Bonchev–Trinajstić information content (AvgIpc) is 2.75. The highest BCUT2D eigenvalue weighted by Crippen LogP contribution is 2.32. The molecule has 0 N–H and O–H groups in total. The highest BCUT2D eigenvalue weighted by molar-refractivity contribution is 7.11. The second-order valence-corrected chi connectivity index (χ2v) is 4.09. The van der Waals surface area contributed by atoms with Gasteiger partial charge in [-0.2, -0.15) is 0 Å². The molecular weight excluding hydrogens is 247 g/mol. The van der Waals surface area contributed by atoms with Gasteiger partial charge in [-0.05, 0) is 6.92 Å². The smallest absolute Gasteiger partial charge is 0.278 e. The van der Waals surface area contributed by atoms with Gasteiger partial charge in [-0.1, -0.05) is 11.3 Å². The number of nitro benzene ring substituents is 1. The molecule has 2 rings (SSSR count). The maximum Gasteiger partial charge on any atom is 0.278 e. The van der Waals surface area contributed by atoms with Crippen LogP contribution < -0.4 is 4.74 Å². The summed E-state index contributed by atoms with van der Waals surface area (Å²) in [4.78, 5) is 13.7. The van der Waals surface area contributed by atoms with E-state index in [1.165, 1.54) is 23.6 Å². The summed E-state index contributed by atoms with van der Waals surface area (Å²) in [6.07, 6.45) is 1.53. The Morgan fingerprint density at radius 1 is 1.53 bits per heavy atom. The Morgan fingerprint density at radius 2 is 2.29 bits per heavy atom. The molecule has 17 heavy (non-hydrogen) atoms. The van der Waals surface area contributed by atoms with Crippen molar-refractivity contribution >= 4 is 17.0 Å². The van der Waals surface area contributed by atoms with Crippen molar-refractivity contribution in [3.05, 3.63) is 45.2 Å². The lowest BCUT2D eigenvalue weighted by Gasteiger charge is -2.06. The minimum Gasteiger partial charge on any atom is -0.427 e. The lowest BCUT2D eigenvalue weighted by molar-refractivity contribution is -0.385. The van der Waals surface area contributed by atoms with Gasteiger partial charge in [0.25, 0.3) is 10.9 Å². The van der Waals surface area contributed by atoms with Crippen LogP contribution in [0.2, 0.25) is 0 Å². The SMILES string of the molecule is Cc1cc([N+](=O)[O-])cc(F)c1Oc1nccs1. The maximum atomic E-state index is 13.6. The molecule has 0 aliphatic rings. The normalized spacial score (nSPS) is 10.2. The Hall–Kier alpha value is -2.02. The number of hydrogen-bond donors (Lipinski definition) is 0. The molecule has 2 aromatic rings. The third kappa shape index (κ3) is 2.39. The van der Waals surface area contributed by atoms with Gasteiger partial charge in [-0.25, -0.2) is 9.37 Å². The zero-order valence-corrected chi connectivity index (χ0v) is 9.53. The first-order valence-electron chi connectivity index (χ1n) is 4.60. The molecule has 88 valence electrons. The topological polar surface area (TPSA) is 65.3 Å². The monoisotopic (exact) mass is 254 g/mol. The van der Waals surface area contributed by atoms with Crippen LogP contribution in [0, 0.1) is 22.9 Å². The van der Waals surface area contributed by atoms with Crippen molar-refractivity contribution in [2.45, 2.75) is 6.92 Å². The molecule has 0 radical (unpaired) electrons. The van der Waals surface area contributed by atoms with Crippen molar-refractivity contribution in [3.8, 4) is 10.9 Å². The standard InChI is InChI=1S/C10H7FN2O3S/c1-6-4-7(13(14)15)5-8(11)9(6)16-10-12-2-3-17-10/h2-5H,1H3. The molecule has 1 heterocycles. The van der Waals surface area contributed by atoms with Crippen LogP contribution >= 0.6 is 11.3 Å². The van der Waals surface area contributed by atoms with Gasteiger partial charge in [0, 0.05) is 23.2 Å². The van der Waals surface area contributed by atoms with Crippen molar-refractivity contribution in [3.63, 3.8) is 0 Å². The number of hydrogen-bond acceptors (Lipinski definition) is 5. The molecule has 0 unspecified atom stereocenters. The number of ether oxygens (including phenoxy) is 1. The quantitative estimate of drug-likeness (QED) is 0.622. The predicted octanol–water partition coefficient (Wildman–Crippen LogP) is 3.29. The Morgan fingerprint density at radius 3 is 2.82 bits per heavy atom. The summed E-state index contributed by atoms with van der Waals surface area (Å²) in [6.45, 7) is 1.54. The molecule has 7 heteroatoms. The molecule has 0 amide bonds. The zero-order chi connectivity index (χ0) is 12.4. The highest BCUT2D eigenvalue weighted by atomic mass is 32.1. The first-order valence-corrected chi connectivity index (χ1v) is 5.48. The highest BCUT2D eigenvalue weighted by Gasteiger charge is 2.16. The summed E-state index contributed by atoms with van der Waals surface area (Å²) in [6, 6.07) is 2.09. The van der Waals surface area contributed by atoms with Gasteiger partial charge in [0.1, 0.15) is 0 Å². The fraction of sp³-hybridized carbons (Fsp3) is 0.100. The van der Waals surface area contributed by atoms with Gasteiger partial charge in [0.2, 0.25) is 0 Å². The van der Waals surface area contributed by atoms with E-state index in [9.17, 15) is 14.5 Å². The summed E-state index contributed by atoms with van der Waals surface area (Å²) in [5.74, 6) is -0.808. The summed E-state index contributed by atoms with van der Waals surface area (Å²) < 4.78 is 18.8. The van der Waals surface area contributed by atoms with E-state index in [0.29, 0.717) is 10.8 Å². The van der Waals surface area contributed by atoms with E-state index in [-0.39, 0.29) is 11.4 Å². The number of non-ortho nitro benzene ring substituents is 1. The van der Waals surface area contributed by atoms with E-state index >= 15 is 0 Å². The van der Waals surface area contributed by atoms with Crippen LogP contribution in [0.5, 0.6) is 10.9 Å². The van der Waals surface area contributed by atoms with Gasteiger partial charge in [0.05, 0.1) is 11.0 Å². The number of nitro groups is 1. The van der Waals surface area contributed by atoms with Gasteiger partial charge in [0.15, 0.2) is 11.6 Å². The number of rotatable bonds is 3. The summed E-state index contributed by atoms with van der Waals surface area (Å²) in [7, 11) is 0. The molecule has 0 bridgehead atoms. The zero-order valence-electron chi connectivity index (χ0n) is 8.71. The van der Waals surface area contributed by atoms with Crippen LogP contribution in [0.3, 0.4) is 0 Å². The molecule has 5 nitrogen and oxygen atoms in total. The lowest BCUT2D eigenvalue weighted by Crippen LogP contribution is -1.95. The first kappa shape index (κ1) is 11.5. The average molecular weight is 254 g/mol. The van der Waals surface area contributed by atoms with Gasteiger partial charge in [-0.3, -0.25) is 10.1 Å². The summed E-state index contributed by atoms with van der Waals surface area (Å²) >= 11 is 1.21. The van der Waals surface area contributed by atoms with E-state index in [1.807, 2.05) is 0 Å². The number of benzene rings is 1. The van der Waals surface area contributed by atoms with Crippen LogP contribution in [-0.4, -0.2) is 9.91 Å². The van der Waals surface area contributed by atoms with Crippen molar-refractivity contribution in [1.82, 2.24) is 4.98 Å². The molecule has 1 aromatic heterocycles. The van der Waals surface area contributed by atoms with Crippen LogP contribution in [0.25, 0.3) is 0 Å². The summed E-state index contributed by atoms with van der Waals surface area (Å²) in [5, 5.41) is 12.5. The summed E-state index contributed by atoms with van der Waals surface area (Å²) in [5.41, 5.74) is 0.0541. The van der Waals surface area contributed by atoms with E-state index in [2.05, 4.69) is 4.98 Å². The Kier molecular flexibility index (Phi) is 3.01. The van der Waals surface area contributed by atoms with Crippen LogP contribution in [0.1, 0.15) is 5.56 Å². The molecular formula is C10H7FN2O3S. The minimum atomic E-state index is -0.771. The first-order chi connectivity index (χ1) is 8.08. The second kappa shape index (κ2) is 4.46. The molecule has 0 fully saturated rings. The lowest BCUT2D eigenvalue weighted by atomic mass is 10.2. The van der Waals surface area contributed by atoms with Crippen molar-refractivity contribution in [2.75, 3.05) is 0 Å². The van der Waals surface area contributed by atoms with E-state index in [4.69, 9.17) is 4.74 Å². The number of aryl methyl sites for hydroxylation is 1. The Bertz CT molecular complexity index is 534. The van der Waals surface area contributed by atoms with Gasteiger partial charge >= 0.3 is 0 Å². The second-order valence-electron chi connectivity index (χ2n) is 3.23. The maximum absolute atomic E-state index is 13.6. The molecule has 0 aliphatic carbocycles. The number of nitrogens with zero attached hydrogens (tertiary/aromatic N) is 2. The largest absolute Gasteiger partial charge is 0.427 e. The molecule has 0 atom stereocenters. The fourth-order valence-electron chi connectivity index (χ4n) is 1.30. The van der Waals surface area contributed by atoms with Crippen LogP contribution in [-0.2, 0) is 0 Å². The van der Waals surface area contributed by atoms with Crippen LogP contribution in [0.4, 0.5) is 10.1 Å². The van der Waals surface area contributed by atoms with Gasteiger partial charge < -0.3 is 4.74 Å². The van der Waals surface area contributed by atoms with Crippen LogP contribution in [0.15, 0.2) is 23.7 Å². The van der Waals surface area contributed by atoms with Crippen molar-refractivity contribution in [2.24, 2.45) is 0 Å². The third-order valence-electron chi connectivity index (χ3n) is 2.02. The Labute approximate surface area is 99.6 Å². The fourth-order valence-corrected chi connectivity index (χ4v) is 1.79. The molecule has 0 saturated heterocycles. The van der Waals surface area contributed by atoms with E-state index < -0.39 is 10.7 Å². The number of thiazole rings is 1. The van der Waals surface area contributed by atoms with Crippen molar-refractivity contribution in [1.29, 1.82) is 0 Å². The molecule has 0 saturated carbocycles. The van der Waals surface area contributed by atoms with Crippen molar-refractivity contribution < 1.29 is 14.1 Å². The molecule has 0 aliphatic heterocycles.